The standard InChI is InChI=1S/C18H24S/c1-14-7-2-4-10-17(14)18-11-5-3-8-15(18)13-16-9-6-12-19-16/h3,5-6,8-9,11-12,14-15,17-18H,2,4,7,10,13H2,1H3/t14-,15?,17+,18?/m1/s1. The lowest BCUT2D eigenvalue weighted by atomic mass is 9.67. The number of allylic oxidation sites excluding steroid dienone is 4. The fourth-order valence-electron chi connectivity index (χ4n) is 3.91. The molecule has 2 aliphatic carbocycles. The molecular formula is C18H24S. The summed E-state index contributed by atoms with van der Waals surface area (Å²) >= 11 is 1.91. The zero-order chi connectivity index (χ0) is 13.1. The van der Waals surface area contributed by atoms with Gasteiger partial charge in [0.25, 0.3) is 0 Å². The van der Waals surface area contributed by atoms with Gasteiger partial charge in [0, 0.05) is 4.88 Å². The van der Waals surface area contributed by atoms with E-state index in [9.17, 15) is 0 Å². The lowest BCUT2D eigenvalue weighted by molar-refractivity contribution is 0.172. The molecular weight excluding hydrogens is 248 g/mol. The lowest BCUT2D eigenvalue weighted by Gasteiger charge is -2.38. The Balaban J connectivity index is 1.74. The van der Waals surface area contributed by atoms with Crippen molar-refractivity contribution in [1.29, 1.82) is 0 Å². The zero-order valence-electron chi connectivity index (χ0n) is 11.8. The van der Waals surface area contributed by atoms with Crippen LogP contribution < -0.4 is 0 Å². The van der Waals surface area contributed by atoms with Crippen LogP contribution in [-0.2, 0) is 6.42 Å². The van der Waals surface area contributed by atoms with Gasteiger partial charge in [-0.1, -0.05) is 56.6 Å². The van der Waals surface area contributed by atoms with E-state index in [1.165, 1.54) is 32.1 Å². The van der Waals surface area contributed by atoms with E-state index in [1.54, 1.807) is 4.88 Å². The van der Waals surface area contributed by atoms with Gasteiger partial charge in [-0.05, 0) is 48.0 Å². The zero-order valence-corrected chi connectivity index (χ0v) is 12.6. The monoisotopic (exact) mass is 272 g/mol. The molecule has 3 rings (SSSR count). The van der Waals surface area contributed by atoms with E-state index in [1.807, 2.05) is 11.3 Å². The largest absolute Gasteiger partial charge is 0.149 e. The second-order valence-corrected chi connectivity index (χ2v) is 7.25. The maximum Gasteiger partial charge on any atom is 0.00512 e. The molecule has 102 valence electrons. The smallest absolute Gasteiger partial charge is 0.00512 e. The van der Waals surface area contributed by atoms with Gasteiger partial charge in [-0.3, -0.25) is 0 Å². The van der Waals surface area contributed by atoms with Crippen molar-refractivity contribution in [2.24, 2.45) is 23.7 Å². The van der Waals surface area contributed by atoms with Gasteiger partial charge in [-0.15, -0.1) is 11.3 Å². The van der Waals surface area contributed by atoms with Crippen LogP contribution in [0, 0.1) is 23.7 Å². The molecule has 0 aliphatic heterocycles. The lowest BCUT2D eigenvalue weighted by Crippen LogP contribution is -2.30. The van der Waals surface area contributed by atoms with Crippen LogP contribution in [0.5, 0.6) is 0 Å². The molecule has 0 N–H and O–H groups in total. The fourth-order valence-corrected chi connectivity index (χ4v) is 4.69. The molecule has 19 heavy (non-hydrogen) atoms. The molecule has 1 heterocycles. The third kappa shape index (κ3) is 3.02. The average Bonchev–Trinajstić information content (AvgIpc) is 2.93. The second kappa shape index (κ2) is 6.09. The predicted molar refractivity (Wildman–Crippen MR) is 84.4 cm³/mol. The van der Waals surface area contributed by atoms with Crippen LogP contribution in [0.15, 0.2) is 41.8 Å². The van der Waals surface area contributed by atoms with Crippen molar-refractivity contribution in [3.8, 4) is 0 Å². The Morgan fingerprint density at radius 1 is 1.16 bits per heavy atom. The molecule has 1 heteroatoms. The van der Waals surface area contributed by atoms with Gasteiger partial charge < -0.3 is 0 Å². The van der Waals surface area contributed by atoms with Crippen LogP contribution in [0.2, 0.25) is 0 Å². The van der Waals surface area contributed by atoms with Gasteiger partial charge in [-0.25, -0.2) is 0 Å². The van der Waals surface area contributed by atoms with Crippen LogP contribution >= 0.6 is 11.3 Å². The molecule has 0 radical (unpaired) electrons. The van der Waals surface area contributed by atoms with Crippen LogP contribution in [-0.4, -0.2) is 0 Å². The molecule has 0 bridgehead atoms. The normalized spacial score (nSPS) is 34.6. The molecule has 4 atom stereocenters. The molecule has 2 aliphatic rings. The van der Waals surface area contributed by atoms with Crippen molar-refractivity contribution in [3.05, 3.63) is 46.7 Å². The van der Waals surface area contributed by atoms with Gasteiger partial charge in [0.15, 0.2) is 0 Å². The molecule has 1 saturated carbocycles. The molecule has 0 aromatic carbocycles. The summed E-state index contributed by atoms with van der Waals surface area (Å²) in [6.45, 7) is 2.47. The first-order chi connectivity index (χ1) is 9.34. The maximum absolute atomic E-state index is 2.49. The van der Waals surface area contributed by atoms with E-state index in [2.05, 4.69) is 48.7 Å². The van der Waals surface area contributed by atoms with Crippen LogP contribution in [0.1, 0.15) is 37.5 Å². The van der Waals surface area contributed by atoms with Gasteiger partial charge >= 0.3 is 0 Å². The highest BCUT2D eigenvalue weighted by Gasteiger charge is 2.32. The van der Waals surface area contributed by atoms with Crippen molar-refractivity contribution in [3.63, 3.8) is 0 Å². The van der Waals surface area contributed by atoms with E-state index >= 15 is 0 Å². The molecule has 1 fully saturated rings. The topological polar surface area (TPSA) is 0 Å². The first-order valence-electron chi connectivity index (χ1n) is 7.72. The van der Waals surface area contributed by atoms with Crippen molar-refractivity contribution in [2.45, 2.75) is 39.0 Å². The van der Waals surface area contributed by atoms with Crippen LogP contribution in [0.3, 0.4) is 0 Å². The summed E-state index contributed by atoms with van der Waals surface area (Å²) in [6.07, 6.45) is 16.5. The van der Waals surface area contributed by atoms with Gasteiger partial charge in [0.05, 0.1) is 0 Å². The van der Waals surface area contributed by atoms with Crippen LogP contribution in [0.25, 0.3) is 0 Å². The highest BCUT2D eigenvalue weighted by molar-refractivity contribution is 7.09. The number of hydrogen-bond donors (Lipinski definition) is 0. The van der Waals surface area contributed by atoms with Gasteiger partial charge in [0.2, 0.25) is 0 Å². The van der Waals surface area contributed by atoms with Crippen molar-refractivity contribution in [2.75, 3.05) is 0 Å². The Bertz CT molecular complexity index is 440. The summed E-state index contributed by atoms with van der Waals surface area (Å²) in [6, 6.07) is 4.47. The highest BCUT2D eigenvalue weighted by atomic mass is 32.1. The number of thiophene rings is 1. The molecule has 0 amide bonds. The molecule has 1 aromatic heterocycles. The first kappa shape index (κ1) is 13.2. The van der Waals surface area contributed by atoms with Gasteiger partial charge in [-0.2, -0.15) is 0 Å². The molecule has 1 aromatic rings. The Morgan fingerprint density at radius 2 is 2.00 bits per heavy atom. The summed E-state index contributed by atoms with van der Waals surface area (Å²) in [5.41, 5.74) is 0. The minimum atomic E-state index is 0.717. The molecule has 0 saturated heterocycles. The Labute approximate surface area is 121 Å². The SMILES string of the molecule is C[C@@H]1CCCC[C@@H]1C1C=CC=CC1Cc1cccs1. The maximum atomic E-state index is 2.49. The van der Waals surface area contributed by atoms with Crippen molar-refractivity contribution < 1.29 is 0 Å². The van der Waals surface area contributed by atoms with Crippen molar-refractivity contribution in [1.82, 2.24) is 0 Å². The predicted octanol–water partition coefficient (Wildman–Crippen LogP) is 5.48. The Kier molecular flexibility index (Phi) is 4.22. The third-order valence-corrected chi connectivity index (χ3v) is 5.89. The fraction of sp³-hybridized carbons (Fsp3) is 0.556. The van der Waals surface area contributed by atoms with E-state index < -0.39 is 0 Å². The van der Waals surface area contributed by atoms with Crippen LogP contribution in [0.4, 0.5) is 0 Å². The first-order valence-corrected chi connectivity index (χ1v) is 8.60. The highest BCUT2D eigenvalue weighted by Crippen LogP contribution is 2.41. The Hall–Kier alpha value is -0.820. The average molecular weight is 272 g/mol. The minimum Gasteiger partial charge on any atom is -0.149 e. The third-order valence-electron chi connectivity index (χ3n) is 4.99. The Morgan fingerprint density at radius 3 is 2.79 bits per heavy atom. The summed E-state index contributed by atoms with van der Waals surface area (Å²) in [5, 5.41) is 2.20. The van der Waals surface area contributed by atoms with Gasteiger partial charge in [0.1, 0.15) is 0 Å². The summed E-state index contributed by atoms with van der Waals surface area (Å²) in [4.78, 5) is 1.54. The number of hydrogen-bond acceptors (Lipinski definition) is 1. The van der Waals surface area contributed by atoms with E-state index in [-0.39, 0.29) is 0 Å². The quantitative estimate of drug-likeness (QED) is 0.684. The van der Waals surface area contributed by atoms with E-state index in [0.717, 1.165) is 17.8 Å². The van der Waals surface area contributed by atoms with E-state index in [0.29, 0.717) is 5.92 Å². The molecule has 2 unspecified atom stereocenters. The summed E-state index contributed by atoms with van der Waals surface area (Å²) in [7, 11) is 0. The minimum absolute atomic E-state index is 0.717. The molecule has 0 nitrogen and oxygen atoms in total. The van der Waals surface area contributed by atoms with E-state index in [4.69, 9.17) is 0 Å². The second-order valence-electron chi connectivity index (χ2n) is 6.22. The molecule has 0 spiro atoms. The summed E-state index contributed by atoms with van der Waals surface area (Å²) < 4.78 is 0. The number of rotatable bonds is 3. The van der Waals surface area contributed by atoms with Crippen molar-refractivity contribution >= 4 is 11.3 Å². The summed E-state index contributed by atoms with van der Waals surface area (Å²) in [5.74, 6) is 3.29.